The lowest BCUT2D eigenvalue weighted by Gasteiger charge is -2.48. The highest BCUT2D eigenvalue weighted by Crippen LogP contribution is 2.35. The maximum atomic E-state index is 12.2. The maximum absolute atomic E-state index is 12.2. The molecule has 0 radical (unpaired) electrons. The molecule has 0 aromatic carbocycles. The molecule has 0 amide bonds. The van der Waals surface area contributed by atoms with E-state index in [1.165, 1.54) is 4.31 Å². The molecular weight excluding hydrogens is 448 g/mol. The largest absolute Gasteiger partial charge is 0.328 e. The monoisotopic (exact) mass is 470 g/mol. The first-order chi connectivity index (χ1) is 15.4. The third-order valence-corrected chi connectivity index (χ3v) is 8.33. The number of nitrogens with two attached hydrogens (primary N) is 1. The summed E-state index contributed by atoms with van der Waals surface area (Å²) in [5.74, 6) is 0.534. The first-order valence-electron chi connectivity index (χ1n) is 10.1. The van der Waals surface area contributed by atoms with Crippen molar-refractivity contribution in [3.05, 3.63) is 48.4 Å². The first kappa shape index (κ1) is 20.9. The van der Waals surface area contributed by atoms with E-state index in [-0.39, 0.29) is 12.3 Å². The van der Waals surface area contributed by atoms with Gasteiger partial charge in [-0.2, -0.15) is 9.40 Å². The van der Waals surface area contributed by atoms with Crippen molar-refractivity contribution >= 4 is 43.2 Å². The summed E-state index contributed by atoms with van der Waals surface area (Å²) in [4.78, 5) is 13.5. The van der Waals surface area contributed by atoms with Crippen LogP contribution in [0.1, 0.15) is 6.92 Å². The molecule has 32 heavy (non-hydrogen) atoms. The smallest absolute Gasteiger partial charge is 0.228 e. The lowest BCUT2D eigenvalue weighted by molar-refractivity contribution is 0.0759. The number of rotatable bonds is 7. The Labute approximate surface area is 189 Å². The van der Waals surface area contributed by atoms with E-state index in [9.17, 15) is 8.42 Å². The van der Waals surface area contributed by atoms with Gasteiger partial charge in [-0.05, 0) is 30.5 Å². The molecule has 10 nitrogen and oxygen atoms in total. The van der Waals surface area contributed by atoms with Crippen molar-refractivity contribution in [3.8, 4) is 11.3 Å². The van der Waals surface area contributed by atoms with E-state index in [4.69, 9.17) is 10.7 Å². The molecule has 1 fully saturated rings. The fourth-order valence-electron chi connectivity index (χ4n) is 3.74. The van der Waals surface area contributed by atoms with Gasteiger partial charge in [-0.15, -0.1) is 11.3 Å². The molecule has 1 aliphatic rings. The van der Waals surface area contributed by atoms with Crippen LogP contribution in [0.2, 0.25) is 0 Å². The van der Waals surface area contributed by atoms with Gasteiger partial charge in [0.1, 0.15) is 5.54 Å². The van der Waals surface area contributed by atoms with Gasteiger partial charge in [-0.1, -0.05) is 0 Å². The number of fused-ring (bicyclic) bond motifs is 1. The van der Waals surface area contributed by atoms with E-state index in [2.05, 4.69) is 20.4 Å². The van der Waals surface area contributed by atoms with Crippen LogP contribution in [-0.4, -0.2) is 62.8 Å². The van der Waals surface area contributed by atoms with Crippen molar-refractivity contribution in [3.63, 3.8) is 0 Å². The number of thiophene rings is 1. The van der Waals surface area contributed by atoms with E-state index in [0.29, 0.717) is 19.0 Å². The number of aromatic nitrogens is 5. The van der Waals surface area contributed by atoms with Gasteiger partial charge in [0, 0.05) is 37.6 Å². The van der Waals surface area contributed by atoms with Crippen molar-refractivity contribution in [2.75, 3.05) is 30.7 Å². The Morgan fingerprint density at radius 1 is 1.25 bits per heavy atom. The molecule has 3 N–H and O–H groups in total. The Kier molecular flexibility index (Phi) is 5.16. The fourth-order valence-corrected chi connectivity index (χ4v) is 5.82. The highest BCUT2D eigenvalue weighted by Gasteiger charge is 2.48. The zero-order chi connectivity index (χ0) is 22.3. The van der Waals surface area contributed by atoms with E-state index >= 15 is 0 Å². The molecule has 5 rings (SSSR count). The first-order valence-corrected chi connectivity index (χ1v) is 12.6. The Hall–Kier alpha value is -2.93. The van der Waals surface area contributed by atoms with Gasteiger partial charge in [0.25, 0.3) is 0 Å². The second-order valence-electron chi connectivity index (χ2n) is 7.67. The van der Waals surface area contributed by atoms with Crippen LogP contribution < -0.4 is 11.1 Å². The van der Waals surface area contributed by atoms with E-state index in [0.717, 1.165) is 27.2 Å². The molecule has 0 spiro atoms. The third-order valence-electron chi connectivity index (χ3n) is 5.64. The Morgan fingerprint density at radius 2 is 2.09 bits per heavy atom. The molecule has 0 saturated carbocycles. The van der Waals surface area contributed by atoms with E-state index < -0.39 is 15.6 Å². The minimum Gasteiger partial charge on any atom is -0.328 e. The van der Waals surface area contributed by atoms with Crippen LogP contribution in [0.5, 0.6) is 0 Å². The zero-order valence-electron chi connectivity index (χ0n) is 17.3. The van der Waals surface area contributed by atoms with Crippen molar-refractivity contribution < 1.29 is 8.42 Å². The molecular formula is C20H22N8O2S2. The summed E-state index contributed by atoms with van der Waals surface area (Å²) in [6, 6.07) is 5.68. The van der Waals surface area contributed by atoms with Crippen LogP contribution in [-0.2, 0) is 15.6 Å². The van der Waals surface area contributed by atoms with E-state index in [1.807, 2.05) is 29.8 Å². The average molecular weight is 471 g/mol. The molecule has 12 heteroatoms. The SMILES string of the molecule is CCS(=O)(=O)N1CC(CN)(n2cc(-c3nc(Nc4cccnc4)nc4ccsc34)cn2)C1. The van der Waals surface area contributed by atoms with Gasteiger partial charge in [0.15, 0.2) is 0 Å². The van der Waals surface area contributed by atoms with Crippen molar-refractivity contribution in [1.29, 1.82) is 0 Å². The molecule has 4 aromatic rings. The second kappa shape index (κ2) is 7.89. The third kappa shape index (κ3) is 3.54. The summed E-state index contributed by atoms with van der Waals surface area (Å²) < 4.78 is 28.5. The normalized spacial score (nSPS) is 16.2. The molecule has 4 aromatic heterocycles. The van der Waals surface area contributed by atoms with E-state index in [1.54, 1.807) is 41.5 Å². The second-order valence-corrected chi connectivity index (χ2v) is 10.8. The number of nitrogens with one attached hydrogen (secondary N) is 1. The number of pyridine rings is 1. The maximum Gasteiger partial charge on any atom is 0.228 e. The predicted molar refractivity (Wildman–Crippen MR) is 124 cm³/mol. The van der Waals surface area contributed by atoms with Crippen LogP contribution in [0.4, 0.5) is 11.6 Å². The quantitative estimate of drug-likeness (QED) is 0.419. The van der Waals surface area contributed by atoms with Crippen LogP contribution in [0.25, 0.3) is 21.5 Å². The number of anilines is 2. The number of hydrogen-bond acceptors (Lipinski definition) is 9. The highest BCUT2D eigenvalue weighted by atomic mass is 32.2. The van der Waals surface area contributed by atoms with Gasteiger partial charge in [-0.25, -0.2) is 18.4 Å². The predicted octanol–water partition coefficient (Wildman–Crippen LogP) is 2.01. The van der Waals surface area contributed by atoms with Crippen molar-refractivity contribution in [2.45, 2.75) is 12.5 Å². The Balaban J connectivity index is 1.49. The van der Waals surface area contributed by atoms with Crippen LogP contribution in [0.15, 0.2) is 48.4 Å². The minimum atomic E-state index is -3.25. The van der Waals surface area contributed by atoms with Crippen LogP contribution in [0.3, 0.4) is 0 Å². The highest BCUT2D eigenvalue weighted by molar-refractivity contribution is 7.89. The van der Waals surface area contributed by atoms with Gasteiger partial charge >= 0.3 is 0 Å². The lowest BCUT2D eigenvalue weighted by atomic mass is 9.93. The fraction of sp³-hybridized carbons (Fsp3) is 0.300. The molecule has 1 saturated heterocycles. The molecule has 166 valence electrons. The number of sulfonamides is 1. The Bertz CT molecular complexity index is 1360. The summed E-state index contributed by atoms with van der Waals surface area (Å²) in [5, 5.41) is 9.70. The number of hydrogen-bond donors (Lipinski definition) is 2. The lowest BCUT2D eigenvalue weighted by Crippen LogP contribution is -2.67. The standard InChI is InChI=1S/C20H22N8O2S2/c1-2-32(29,30)27-12-20(11-21,13-27)28-10-14(8-23-28)17-18-16(5-7-31-18)25-19(26-17)24-15-4-3-6-22-9-15/h3-10H,2,11-13,21H2,1H3,(H,24,25,26). The van der Waals surface area contributed by atoms with Gasteiger partial charge < -0.3 is 11.1 Å². The number of nitrogens with zero attached hydrogens (tertiary/aromatic N) is 6. The molecule has 0 unspecified atom stereocenters. The topological polar surface area (TPSA) is 132 Å². The van der Waals surface area contributed by atoms with Crippen molar-refractivity contribution in [1.82, 2.24) is 29.0 Å². The molecule has 5 heterocycles. The molecule has 0 aliphatic carbocycles. The minimum absolute atomic E-state index is 0.0714. The summed E-state index contributed by atoms with van der Waals surface area (Å²) in [7, 11) is -3.25. The Morgan fingerprint density at radius 3 is 2.81 bits per heavy atom. The van der Waals surface area contributed by atoms with Gasteiger partial charge in [0.05, 0.1) is 39.7 Å². The summed E-state index contributed by atoms with van der Waals surface area (Å²) in [6.07, 6.45) is 7.03. The van der Waals surface area contributed by atoms with Crippen LogP contribution >= 0.6 is 11.3 Å². The van der Waals surface area contributed by atoms with Gasteiger partial charge in [0.2, 0.25) is 16.0 Å². The summed E-state index contributed by atoms with van der Waals surface area (Å²) in [5.41, 5.74) is 8.70. The van der Waals surface area contributed by atoms with Gasteiger partial charge in [-0.3, -0.25) is 9.67 Å². The molecule has 1 aliphatic heterocycles. The summed E-state index contributed by atoms with van der Waals surface area (Å²) >= 11 is 1.56. The summed E-state index contributed by atoms with van der Waals surface area (Å²) in [6.45, 7) is 2.55. The van der Waals surface area contributed by atoms with Crippen molar-refractivity contribution in [2.24, 2.45) is 5.73 Å². The zero-order valence-corrected chi connectivity index (χ0v) is 19.0. The molecule has 0 bridgehead atoms. The molecule has 0 atom stereocenters. The average Bonchev–Trinajstić information content (AvgIpc) is 3.44. The van der Waals surface area contributed by atoms with Crippen LogP contribution in [0, 0.1) is 0 Å².